The first-order valence-electron chi connectivity index (χ1n) is 4.56. The van der Waals surface area contributed by atoms with E-state index in [1.165, 1.54) is 18.4 Å². The molecule has 1 fully saturated rings. The molecule has 1 unspecified atom stereocenters. The number of pyridine rings is 1. The van der Waals surface area contributed by atoms with Gasteiger partial charge in [0.25, 0.3) is 0 Å². The number of nitrogens with two attached hydrogens (primary N) is 1. The molecule has 15 heavy (non-hydrogen) atoms. The van der Waals surface area contributed by atoms with Crippen molar-refractivity contribution < 1.29 is 0 Å². The van der Waals surface area contributed by atoms with E-state index in [0.29, 0.717) is 5.92 Å². The second kappa shape index (κ2) is 6.04. The third-order valence-corrected chi connectivity index (χ3v) is 3.37. The maximum Gasteiger partial charge on any atom is 0.0577 e. The van der Waals surface area contributed by atoms with Crippen molar-refractivity contribution in [3.63, 3.8) is 0 Å². The molecule has 2 rings (SSSR count). The topological polar surface area (TPSA) is 38.9 Å². The van der Waals surface area contributed by atoms with Gasteiger partial charge in [0.15, 0.2) is 0 Å². The zero-order valence-corrected chi connectivity index (χ0v) is 11.7. The zero-order chi connectivity index (χ0) is 9.42. The molecule has 2 N–H and O–H groups in total. The van der Waals surface area contributed by atoms with Crippen LogP contribution in [0.25, 0.3) is 0 Å². The van der Waals surface area contributed by atoms with E-state index in [1.54, 1.807) is 0 Å². The maximum atomic E-state index is 6.04. The number of hydrogen-bond donors (Lipinski definition) is 1. The largest absolute Gasteiger partial charge is 0.322 e. The Balaban J connectivity index is 0.000000980. The molecule has 1 heterocycles. The van der Waals surface area contributed by atoms with Crippen LogP contribution in [0.15, 0.2) is 16.7 Å². The fourth-order valence-electron chi connectivity index (χ4n) is 1.44. The summed E-state index contributed by atoms with van der Waals surface area (Å²) in [6.45, 7) is 2.06. The summed E-state index contributed by atoms with van der Waals surface area (Å²) in [4.78, 5) is 4.33. The standard InChI is InChI=1S/C10H13BrN2.2ClH/c1-6-4-9(13-5-8(6)11)10(12)7-2-3-7;;/h4-5,7,10H,2-3,12H2,1H3;2*1H. The van der Waals surface area contributed by atoms with Gasteiger partial charge in [-0.25, -0.2) is 0 Å². The fraction of sp³-hybridized carbons (Fsp3) is 0.500. The average Bonchev–Trinajstić information content (AvgIpc) is 2.91. The second-order valence-electron chi connectivity index (χ2n) is 3.72. The highest BCUT2D eigenvalue weighted by atomic mass is 79.9. The van der Waals surface area contributed by atoms with E-state index < -0.39 is 0 Å². The quantitative estimate of drug-likeness (QED) is 0.908. The predicted octanol–water partition coefficient (Wildman–Crippen LogP) is 3.41. The lowest BCUT2D eigenvalue weighted by Crippen LogP contribution is -2.14. The average molecular weight is 314 g/mol. The fourth-order valence-corrected chi connectivity index (χ4v) is 1.66. The molecule has 0 spiro atoms. The van der Waals surface area contributed by atoms with Gasteiger partial charge in [0.2, 0.25) is 0 Å². The van der Waals surface area contributed by atoms with Gasteiger partial charge in [0.1, 0.15) is 0 Å². The molecular weight excluding hydrogens is 299 g/mol. The van der Waals surface area contributed by atoms with Crippen LogP contribution in [0, 0.1) is 12.8 Å². The van der Waals surface area contributed by atoms with Gasteiger partial charge in [0.05, 0.1) is 5.69 Å². The van der Waals surface area contributed by atoms with E-state index in [4.69, 9.17) is 5.73 Å². The maximum absolute atomic E-state index is 6.04. The highest BCUT2D eigenvalue weighted by Gasteiger charge is 2.30. The number of aryl methyl sites for hydroxylation is 1. The second-order valence-corrected chi connectivity index (χ2v) is 4.58. The van der Waals surface area contributed by atoms with Crippen LogP contribution in [-0.4, -0.2) is 4.98 Å². The molecule has 1 aliphatic carbocycles. The van der Waals surface area contributed by atoms with Crippen LogP contribution in [-0.2, 0) is 0 Å². The van der Waals surface area contributed by atoms with Crippen molar-refractivity contribution in [3.8, 4) is 0 Å². The molecule has 1 aliphatic rings. The van der Waals surface area contributed by atoms with Gasteiger partial charge >= 0.3 is 0 Å². The van der Waals surface area contributed by atoms with E-state index >= 15 is 0 Å². The first kappa shape index (κ1) is 15.2. The highest BCUT2D eigenvalue weighted by Crippen LogP contribution is 2.39. The lowest BCUT2D eigenvalue weighted by molar-refractivity contribution is 0.614. The summed E-state index contributed by atoms with van der Waals surface area (Å²) >= 11 is 3.43. The summed E-state index contributed by atoms with van der Waals surface area (Å²) in [5.41, 5.74) is 8.28. The van der Waals surface area contributed by atoms with Crippen molar-refractivity contribution in [3.05, 3.63) is 28.0 Å². The number of nitrogens with zero attached hydrogens (tertiary/aromatic N) is 1. The molecule has 1 aromatic heterocycles. The van der Waals surface area contributed by atoms with Crippen molar-refractivity contribution in [2.75, 3.05) is 0 Å². The van der Waals surface area contributed by atoms with Gasteiger partial charge in [-0.05, 0) is 53.2 Å². The zero-order valence-electron chi connectivity index (χ0n) is 8.44. The summed E-state index contributed by atoms with van der Waals surface area (Å²) in [6.07, 6.45) is 4.36. The molecule has 0 saturated heterocycles. The molecule has 1 aromatic rings. The van der Waals surface area contributed by atoms with E-state index in [9.17, 15) is 0 Å². The Morgan fingerprint density at radius 1 is 1.47 bits per heavy atom. The molecule has 0 bridgehead atoms. The van der Waals surface area contributed by atoms with E-state index in [1.807, 2.05) is 6.20 Å². The Labute approximate surface area is 111 Å². The summed E-state index contributed by atoms with van der Waals surface area (Å²) in [5, 5.41) is 0. The first-order chi connectivity index (χ1) is 6.18. The molecule has 1 saturated carbocycles. The van der Waals surface area contributed by atoms with Crippen molar-refractivity contribution >= 4 is 40.7 Å². The van der Waals surface area contributed by atoms with Gasteiger partial charge in [-0.1, -0.05) is 0 Å². The van der Waals surface area contributed by atoms with E-state index in [0.717, 1.165) is 10.2 Å². The van der Waals surface area contributed by atoms with Crippen molar-refractivity contribution in [2.45, 2.75) is 25.8 Å². The summed E-state index contributed by atoms with van der Waals surface area (Å²) < 4.78 is 1.05. The minimum absolute atomic E-state index is 0. The number of rotatable bonds is 2. The third-order valence-electron chi connectivity index (χ3n) is 2.54. The van der Waals surface area contributed by atoms with E-state index in [2.05, 4.69) is 33.9 Å². The van der Waals surface area contributed by atoms with Crippen LogP contribution in [0.2, 0.25) is 0 Å². The van der Waals surface area contributed by atoms with Crippen LogP contribution in [0.4, 0.5) is 0 Å². The Bertz CT molecular complexity index is 329. The van der Waals surface area contributed by atoms with Crippen LogP contribution < -0.4 is 5.73 Å². The Hall–Kier alpha value is 0.170. The Kier molecular flexibility index (Phi) is 6.11. The Morgan fingerprint density at radius 2 is 2.07 bits per heavy atom. The summed E-state index contributed by atoms with van der Waals surface area (Å²) in [6, 6.07) is 2.22. The molecule has 0 aliphatic heterocycles. The molecule has 2 nitrogen and oxygen atoms in total. The van der Waals surface area contributed by atoms with Crippen LogP contribution in [0.5, 0.6) is 0 Å². The smallest absolute Gasteiger partial charge is 0.0577 e. The van der Waals surface area contributed by atoms with Gasteiger partial charge in [-0.3, -0.25) is 4.98 Å². The number of hydrogen-bond acceptors (Lipinski definition) is 2. The predicted molar refractivity (Wildman–Crippen MR) is 70.8 cm³/mol. The number of aromatic nitrogens is 1. The van der Waals surface area contributed by atoms with Crippen molar-refractivity contribution in [1.29, 1.82) is 0 Å². The minimum Gasteiger partial charge on any atom is -0.322 e. The SMILES string of the molecule is Cc1cc(C(N)C2CC2)ncc1Br.Cl.Cl. The third kappa shape index (κ3) is 3.59. The summed E-state index contributed by atoms with van der Waals surface area (Å²) in [5.74, 6) is 0.674. The number of halogens is 3. The molecule has 5 heteroatoms. The molecular formula is C10H15BrCl2N2. The van der Waals surface area contributed by atoms with Crippen LogP contribution >= 0.6 is 40.7 Å². The van der Waals surface area contributed by atoms with Gasteiger partial charge in [0, 0.05) is 16.7 Å². The van der Waals surface area contributed by atoms with Crippen molar-refractivity contribution in [2.24, 2.45) is 11.7 Å². The van der Waals surface area contributed by atoms with Gasteiger partial charge in [-0.2, -0.15) is 0 Å². The summed E-state index contributed by atoms with van der Waals surface area (Å²) in [7, 11) is 0. The molecule has 1 atom stereocenters. The molecule has 0 amide bonds. The lowest BCUT2D eigenvalue weighted by atomic mass is 10.1. The van der Waals surface area contributed by atoms with Crippen LogP contribution in [0.3, 0.4) is 0 Å². The normalized spacial score (nSPS) is 16.2. The Morgan fingerprint density at radius 3 is 2.53 bits per heavy atom. The highest BCUT2D eigenvalue weighted by molar-refractivity contribution is 9.10. The minimum atomic E-state index is 0. The lowest BCUT2D eigenvalue weighted by Gasteiger charge is -2.10. The first-order valence-corrected chi connectivity index (χ1v) is 5.35. The van der Waals surface area contributed by atoms with Gasteiger partial charge < -0.3 is 5.73 Å². The monoisotopic (exact) mass is 312 g/mol. The van der Waals surface area contributed by atoms with E-state index in [-0.39, 0.29) is 30.9 Å². The molecule has 0 radical (unpaired) electrons. The van der Waals surface area contributed by atoms with Crippen LogP contribution in [0.1, 0.15) is 30.1 Å². The molecule has 86 valence electrons. The van der Waals surface area contributed by atoms with Gasteiger partial charge in [-0.15, -0.1) is 24.8 Å². The molecule has 0 aromatic carbocycles. The van der Waals surface area contributed by atoms with Crippen molar-refractivity contribution in [1.82, 2.24) is 4.98 Å².